The van der Waals surface area contributed by atoms with E-state index in [0.717, 1.165) is 5.56 Å². The summed E-state index contributed by atoms with van der Waals surface area (Å²) in [6.07, 6.45) is 5.48. The first-order chi connectivity index (χ1) is 7.66. The molecule has 0 saturated carbocycles. The van der Waals surface area contributed by atoms with Crippen molar-refractivity contribution in [1.29, 1.82) is 0 Å². The zero-order valence-electron chi connectivity index (χ0n) is 9.00. The first-order valence-electron chi connectivity index (χ1n) is 5.04. The van der Waals surface area contributed by atoms with E-state index >= 15 is 0 Å². The average molecular weight is 219 g/mol. The molecule has 0 fully saturated rings. The van der Waals surface area contributed by atoms with E-state index < -0.39 is 5.97 Å². The van der Waals surface area contributed by atoms with Gasteiger partial charge in [-0.05, 0) is 24.6 Å². The molecule has 2 heterocycles. The number of aryl methyl sites for hydroxylation is 3. The minimum Gasteiger partial charge on any atom is -0.477 e. The first kappa shape index (κ1) is 10.5. The lowest BCUT2D eigenvalue weighted by Gasteiger charge is -2.06. The fraction of sp³-hybridized carbons (Fsp3) is 0.273. The Labute approximate surface area is 92.9 Å². The van der Waals surface area contributed by atoms with Crippen LogP contribution in [0.3, 0.4) is 0 Å². The van der Waals surface area contributed by atoms with Crippen LogP contribution in [0, 0.1) is 6.92 Å². The number of rotatable bonds is 4. The molecule has 5 nitrogen and oxygen atoms in total. The SMILES string of the molecule is Cc1cnn(CCn2cccc2C(=O)O)c1. The first-order valence-corrected chi connectivity index (χ1v) is 5.04. The third-order valence-corrected chi connectivity index (χ3v) is 2.38. The van der Waals surface area contributed by atoms with Gasteiger partial charge in [0, 0.05) is 18.9 Å². The Morgan fingerprint density at radius 2 is 2.31 bits per heavy atom. The summed E-state index contributed by atoms with van der Waals surface area (Å²) in [5.74, 6) is -0.901. The lowest BCUT2D eigenvalue weighted by Crippen LogP contribution is -2.12. The van der Waals surface area contributed by atoms with E-state index in [1.54, 1.807) is 33.8 Å². The van der Waals surface area contributed by atoms with Crippen molar-refractivity contribution in [2.24, 2.45) is 0 Å². The molecule has 0 spiro atoms. The number of aromatic carboxylic acids is 1. The van der Waals surface area contributed by atoms with Gasteiger partial charge in [-0.2, -0.15) is 5.10 Å². The van der Waals surface area contributed by atoms with Crippen LogP contribution in [0.2, 0.25) is 0 Å². The van der Waals surface area contributed by atoms with Gasteiger partial charge in [0.1, 0.15) is 5.69 Å². The molecule has 0 atom stereocenters. The van der Waals surface area contributed by atoms with Crippen LogP contribution in [0.1, 0.15) is 16.1 Å². The van der Waals surface area contributed by atoms with Gasteiger partial charge in [0.15, 0.2) is 0 Å². The molecule has 0 aliphatic rings. The predicted octanol–water partition coefficient (Wildman–Crippen LogP) is 1.39. The van der Waals surface area contributed by atoms with Crippen molar-refractivity contribution < 1.29 is 9.90 Å². The van der Waals surface area contributed by atoms with Gasteiger partial charge in [0.2, 0.25) is 0 Å². The van der Waals surface area contributed by atoms with Crippen molar-refractivity contribution in [3.8, 4) is 0 Å². The highest BCUT2D eigenvalue weighted by Gasteiger charge is 2.07. The van der Waals surface area contributed by atoms with Gasteiger partial charge < -0.3 is 9.67 Å². The summed E-state index contributed by atoms with van der Waals surface area (Å²) < 4.78 is 3.51. The molecule has 2 rings (SSSR count). The fourth-order valence-electron chi connectivity index (χ4n) is 1.60. The number of hydrogen-bond donors (Lipinski definition) is 1. The highest BCUT2D eigenvalue weighted by Crippen LogP contribution is 2.03. The van der Waals surface area contributed by atoms with Gasteiger partial charge in [-0.25, -0.2) is 4.79 Å². The second kappa shape index (κ2) is 4.22. The van der Waals surface area contributed by atoms with Crippen LogP contribution in [-0.4, -0.2) is 25.4 Å². The molecule has 1 N–H and O–H groups in total. The topological polar surface area (TPSA) is 60.0 Å². The monoisotopic (exact) mass is 219 g/mol. The van der Waals surface area contributed by atoms with Gasteiger partial charge in [-0.1, -0.05) is 0 Å². The molecule has 5 heteroatoms. The third kappa shape index (κ3) is 2.13. The zero-order chi connectivity index (χ0) is 11.5. The number of aromatic nitrogens is 3. The summed E-state index contributed by atoms with van der Waals surface area (Å²) >= 11 is 0. The second-order valence-corrected chi connectivity index (χ2v) is 3.67. The van der Waals surface area contributed by atoms with Gasteiger partial charge in [-0.15, -0.1) is 0 Å². The van der Waals surface area contributed by atoms with Crippen molar-refractivity contribution in [2.75, 3.05) is 0 Å². The average Bonchev–Trinajstić information content (AvgIpc) is 2.83. The fourth-order valence-corrected chi connectivity index (χ4v) is 1.60. The molecule has 0 aromatic carbocycles. The van der Waals surface area contributed by atoms with E-state index in [0.29, 0.717) is 18.8 Å². The van der Waals surface area contributed by atoms with Crippen LogP contribution in [0.25, 0.3) is 0 Å². The van der Waals surface area contributed by atoms with E-state index in [-0.39, 0.29) is 0 Å². The van der Waals surface area contributed by atoms with E-state index in [9.17, 15) is 4.79 Å². The molecule has 0 aliphatic carbocycles. The Bertz CT molecular complexity index is 499. The molecule has 16 heavy (non-hydrogen) atoms. The second-order valence-electron chi connectivity index (χ2n) is 3.67. The highest BCUT2D eigenvalue weighted by atomic mass is 16.4. The lowest BCUT2D eigenvalue weighted by atomic mass is 10.4. The summed E-state index contributed by atoms with van der Waals surface area (Å²) in [7, 11) is 0. The maximum atomic E-state index is 10.9. The van der Waals surface area contributed by atoms with Crippen molar-refractivity contribution in [2.45, 2.75) is 20.0 Å². The van der Waals surface area contributed by atoms with E-state index in [1.165, 1.54) is 0 Å². The summed E-state index contributed by atoms with van der Waals surface area (Å²) in [5, 5.41) is 13.1. The van der Waals surface area contributed by atoms with Crippen molar-refractivity contribution in [1.82, 2.24) is 14.3 Å². The Kier molecular flexibility index (Phi) is 2.76. The molecule has 0 unspecified atom stereocenters. The zero-order valence-corrected chi connectivity index (χ0v) is 9.00. The Balaban J connectivity index is 2.04. The largest absolute Gasteiger partial charge is 0.477 e. The minimum atomic E-state index is -0.901. The van der Waals surface area contributed by atoms with Gasteiger partial charge in [0.05, 0.1) is 12.7 Å². The van der Waals surface area contributed by atoms with Crippen molar-refractivity contribution >= 4 is 5.97 Å². The van der Waals surface area contributed by atoms with Crippen molar-refractivity contribution in [3.05, 3.63) is 42.0 Å². The molecule has 0 saturated heterocycles. The number of nitrogens with zero attached hydrogens (tertiary/aromatic N) is 3. The molecular weight excluding hydrogens is 206 g/mol. The quantitative estimate of drug-likeness (QED) is 0.845. The van der Waals surface area contributed by atoms with Crippen LogP contribution in [0.15, 0.2) is 30.7 Å². The Morgan fingerprint density at radius 3 is 2.94 bits per heavy atom. The Hall–Kier alpha value is -2.04. The summed E-state index contributed by atoms with van der Waals surface area (Å²) in [6, 6.07) is 3.33. The molecule has 0 bridgehead atoms. The molecule has 2 aromatic rings. The summed E-state index contributed by atoms with van der Waals surface area (Å²) in [4.78, 5) is 10.9. The van der Waals surface area contributed by atoms with E-state index in [2.05, 4.69) is 5.10 Å². The number of carboxylic acid groups (broad SMARTS) is 1. The van der Waals surface area contributed by atoms with Crippen LogP contribution in [-0.2, 0) is 13.1 Å². The standard InChI is InChI=1S/C11H13N3O2/c1-9-7-12-14(8-9)6-5-13-4-2-3-10(13)11(15)16/h2-4,7-8H,5-6H2,1H3,(H,15,16). The van der Waals surface area contributed by atoms with Crippen LogP contribution in [0.5, 0.6) is 0 Å². The predicted molar refractivity (Wildman–Crippen MR) is 58.4 cm³/mol. The highest BCUT2D eigenvalue weighted by molar-refractivity contribution is 5.85. The Morgan fingerprint density at radius 1 is 1.50 bits per heavy atom. The maximum Gasteiger partial charge on any atom is 0.352 e. The number of hydrogen-bond acceptors (Lipinski definition) is 2. The number of carboxylic acids is 1. The van der Waals surface area contributed by atoms with E-state index in [1.807, 2.05) is 13.1 Å². The minimum absolute atomic E-state index is 0.309. The molecule has 84 valence electrons. The lowest BCUT2D eigenvalue weighted by molar-refractivity contribution is 0.0684. The van der Waals surface area contributed by atoms with E-state index in [4.69, 9.17) is 5.11 Å². The van der Waals surface area contributed by atoms with Crippen LogP contribution >= 0.6 is 0 Å². The summed E-state index contributed by atoms with van der Waals surface area (Å²) in [5.41, 5.74) is 1.41. The van der Waals surface area contributed by atoms with Gasteiger partial charge in [0.25, 0.3) is 0 Å². The smallest absolute Gasteiger partial charge is 0.352 e. The summed E-state index contributed by atoms with van der Waals surface area (Å²) in [6.45, 7) is 3.25. The van der Waals surface area contributed by atoms with Gasteiger partial charge in [-0.3, -0.25) is 4.68 Å². The normalized spacial score (nSPS) is 10.6. The molecule has 2 aromatic heterocycles. The van der Waals surface area contributed by atoms with Crippen molar-refractivity contribution in [3.63, 3.8) is 0 Å². The van der Waals surface area contributed by atoms with Gasteiger partial charge >= 0.3 is 5.97 Å². The van der Waals surface area contributed by atoms with Crippen LogP contribution in [0.4, 0.5) is 0 Å². The molecule has 0 radical (unpaired) electrons. The maximum absolute atomic E-state index is 10.9. The number of carbonyl (C=O) groups is 1. The molecule has 0 aliphatic heterocycles. The molecular formula is C11H13N3O2. The third-order valence-electron chi connectivity index (χ3n) is 2.38. The molecule has 0 amide bonds. The van der Waals surface area contributed by atoms with Crippen LogP contribution < -0.4 is 0 Å².